The minimum absolute atomic E-state index is 0. The Bertz CT molecular complexity index is 718. The van der Waals surface area contributed by atoms with Gasteiger partial charge in [0.1, 0.15) is 5.75 Å². The van der Waals surface area contributed by atoms with Crippen LogP contribution in [0.15, 0.2) is 33.8 Å². The third-order valence-corrected chi connectivity index (χ3v) is 4.02. The maximum atomic E-state index is 5.42. The maximum Gasteiger partial charge on any atom is 0.226 e. The lowest BCUT2D eigenvalue weighted by Crippen LogP contribution is -2.39. The fourth-order valence-electron chi connectivity index (χ4n) is 2.59. The smallest absolute Gasteiger partial charge is 0.226 e. The molecular formula is C19H30IN5O2. The predicted octanol–water partition coefficient (Wildman–Crippen LogP) is 3.46. The van der Waals surface area contributed by atoms with Gasteiger partial charge in [-0.25, -0.2) is 0 Å². The highest BCUT2D eigenvalue weighted by atomic mass is 127. The second-order valence-electron chi connectivity index (χ2n) is 6.45. The largest absolute Gasteiger partial charge is 0.496 e. The van der Waals surface area contributed by atoms with Gasteiger partial charge < -0.3 is 19.5 Å². The fourth-order valence-corrected chi connectivity index (χ4v) is 2.59. The zero-order chi connectivity index (χ0) is 18.9. The summed E-state index contributed by atoms with van der Waals surface area (Å²) < 4.78 is 10.7. The maximum absolute atomic E-state index is 5.42. The molecule has 1 heterocycles. The summed E-state index contributed by atoms with van der Waals surface area (Å²) in [5, 5.41) is 7.36. The van der Waals surface area contributed by atoms with Crippen LogP contribution in [0.1, 0.15) is 43.5 Å². The highest BCUT2D eigenvalue weighted by Gasteiger charge is 2.11. The van der Waals surface area contributed by atoms with Crippen LogP contribution in [0.4, 0.5) is 0 Å². The van der Waals surface area contributed by atoms with Crippen molar-refractivity contribution in [2.75, 3.05) is 27.7 Å². The summed E-state index contributed by atoms with van der Waals surface area (Å²) in [5.74, 6) is 3.46. The van der Waals surface area contributed by atoms with E-state index < -0.39 is 0 Å². The number of methoxy groups -OCH3 is 1. The molecule has 0 spiro atoms. The Morgan fingerprint density at radius 1 is 1.33 bits per heavy atom. The number of nitrogens with one attached hydrogen (secondary N) is 1. The average molecular weight is 487 g/mol. The zero-order valence-corrected chi connectivity index (χ0v) is 19.1. The Labute approximate surface area is 178 Å². The molecule has 1 aromatic carbocycles. The van der Waals surface area contributed by atoms with Gasteiger partial charge in [0.05, 0.1) is 7.11 Å². The minimum Gasteiger partial charge on any atom is -0.496 e. The predicted molar refractivity (Wildman–Crippen MR) is 118 cm³/mol. The normalized spacial score (nSPS) is 11.3. The van der Waals surface area contributed by atoms with E-state index in [0.717, 1.165) is 42.5 Å². The number of hydrogen-bond donors (Lipinski definition) is 1. The van der Waals surface area contributed by atoms with Crippen molar-refractivity contribution in [3.8, 4) is 5.75 Å². The highest BCUT2D eigenvalue weighted by Crippen LogP contribution is 2.18. The molecule has 1 aromatic heterocycles. The van der Waals surface area contributed by atoms with E-state index in [9.17, 15) is 0 Å². The molecule has 0 aliphatic heterocycles. The molecule has 2 rings (SSSR count). The van der Waals surface area contributed by atoms with E-state index in [4.69, 9.17) is 9.26 Å². The van der Waals surface area contributed by atoms with Gasteiger partial charge in [-0.05, 0) is 12.5 Å². The number of rotatable bonds is 8. The van der Waals surface area contributed by atoms with Gasteiger partial charge in [-0.15, -0.1) is 24.0 Å². The second-order valence-corrected chi connectivity index (χ2v) is 6.45. The van der Waals surface area contributed by atoms with Gasteiger partial charge in [-0.1, -0.05) is 37.2 Å². The van der Waals surface area contributed by atoms with Crippen molar-refractivity contribution in [1.82, 2.24) is 20.4 Å². The molecule has 27 heavy (non-hydrogen) atoms. The summed E-state index contributed by atoms with van der Waals surface area (Å²) in [5.41, 5.74) is 1.12. The van der Waals surface area contributed by atoms with Gasteiger partial charge in [0.2, 0.25) is 5.89 Å². The molecule has 0 bridgehead atoms. The Hall–Kier alpha value is -1.84. The number of benzene rings is 1. The molecule has 0 aliphatic carbocycles. The van der Waals surface area contributed by atoms with E-state index >= 15 is 0 Å². The molecule has 150 valence electrons. The standard InChI is InChI=1S/C19H29N5O2.HI/c1-14(2)18-22-17(26-23-18)11-8-12-21-19(20-3)24(4)13-15-9-6-7-10-16(15)25-5;/h6-7,9-10,14H,8,11-13H2,1-5H3,(H,20,21);1H. The number of guanidine groups is 1. The van der Waals surface area contributed by atoms with Crippen molar-refractivity contribution >= 4 is 29.9 Å². The lowest BCUT2D eigenvalue weighted by atomic mass is 10.2. The summed E-state index contributed by atoms with van der Waals surface area (Å²) >= 11 is 0. The van der Waals surface area contributed by atoms with Crippen LogP contribution in [-0.4, -0.2) is 48.8 Å². The molecule has 0 fully saturated rings. The van der Waals surface area contributed by atoms with Gasteiger partial charge in [-0.2, -0.15) is 4.98 Å². The number of nitrogens with zero attached hydrogens (tertiary/aromatic N) is 4. The van der Waals surface area contributed by atoms with Gasteiger partial charge in [0.15, 0.2) is 11.8 Å². The van der Waals surface area contributed by atoms with Crippen molar-refractivity contribution in [3.05, 3.63) is 41.5 Å². The Kier molecular flexibility index (Phi) is 10.1. The average Bonchev–Trinajstić information content (AvgIpc) is 3.11. The molecular weight excluding hydrogens is 457 g/mol. The molecule has 0 saturated carbocycles. The van der Waals surface area contributed by atoms with Crippen LogP contribution in [0.25, 0.3) is 0 Å². The molecule has 7 nitrogen and oxygen atoms in total. The number of halogens is 1. The second kappa shape index (κ2) is 11.8. The first-order chi connectivity index (χ1) is 12.5. The van der Waals surface area contributed by atoms with Gasteiger partial charge in [0.25, 0.3) is 0 Å². The van der Waals surface area contributed by atoms with Crippen molar-refractivity contribution in [2.45, 2.75) is 39.2 Å². The van der Waals surface area contributed by atoms with E-state index in [2.05, 4.69) is 45.3 Å². The molecule has 1 N–H and O–H groups in total. The van der Waals surface area contributed by atoms with E-state index in [-0.39, 0.29) is 29.9 Å². The van der Waals surface area contributed by atoms with Crippen LogP contribution in [0, 0.1) is 0 Å². The van der Waals surface area contributed by atoms with E-state index in [1.54, 1.807) is 14.2 Å². The summed E-state index contributed by atoms with van der Waals surface area (Å²) in [4.78, 5) is 10.8. The number of hydrogen-bond acceptors (Lipinski definition) is 5. The SMILES string of the molecule is CN=C(NCCCc1nc(C(C)C)no1)N(C)Cc1ccccc1OC.I. The van der Waals surface area contributed by atoms with E-state index in [1.807, 2.05) is 25.2 Å². The van der Waals surface area contributed by atoms with E-state index in [1.165, 1.54) is 0 Å². The first kappa shape index (κ1) is 23.2. The third-order valence-electron chi connectivity index (χ3n) is 4.02. The molecule has 0 unspecified atom stereocenters. The topological polar surface area (TPSA) is 75.8 Å². The fraction of sp³-hybridized carbons (Fsp3) is 0.526. The number of ether oxygens (including phenoxy) is 1. The number of aliphatic imine (C=N–C) groups is 1. The van der Waals surface area contributed by atoms with Crippen LogP contribution in [0.3, 0.4) is 0 Å². The molecule has 8 heteroatoms. The van der Waals surface area contributed by atoms with Crippen molar-refractivity contribution in [2.24, 2.45) is 4.99 Å². The number of para-hydroxylation sites is 1. The Morgan fingerprint density at radius 2 is 2.07 bits per heavy atom. The van der Waals surface area contributed by atoms with Crippen molar-refractivity contribution < 1.29 is 9.26 Å². The zero-order valence-electron chi connectivity index (χ0n) is 16.7. The molecule has 0 radical (unpaired) electrons. The van der Waals surface area contributed by atoms with Crippen molar-refractivity contribution in [1.29, 1.82) is 0 Å². The van der Waals surface area contributed by atoms with Crippen molar-refractivity contribution in [3.63, 3.8) is 0 Å². The molecule has 2 aromatic rings. The Balaban J connectivity index is 0.00000364. The van der Waals surface area contributed by atoms with E-state index in [0.29, 0.717) is 12.4 Å². The highest BCUT2D eigenvalue weighted by molar-refractivity contribution is 14.0. The molecule has 0 atom stereocenters. The molecule has 0 aliphatic rings. The summed E-state index contributed by atoms with van der Waals surface area (Å²) in [6.07, 6.45) is 1.64. The molecule has 0 saturated heterocycles. The lowest BCUT2D eigenvalue weighted by molar-refractivity contribution is 0.368. The van der Waals surface area contributed by atoms with Crippen LogP contribution in [0.5, 0.6) is 5.75 Å². The van der Waals surface area contributed by atoms with Crippen LogP contribution in [0.2, 0.25) is 0 Å². The minimum atomic E-state index is 0. The van der Waals surface area contributed by atoms with Gasteiger partial charge >= 0.3 is 0 Å². The number of aromatic nitrogens is 2. The monoisotopic (exact) mass is 487 g/mol. The van der Waals surface area contributed by atoms with Crippen LogP contribution < -0.4 is 10.1 Å². The van der Waals surface area contributed by atoms with Crippen LogP contribution >= 0.6 is 24.0 Å². The first-order valence-electron chi connectivity index (χ1n) is 8.91. The third kappa shape index (κ3) is 7.00. The number of aryl methyl sites for hydroxylation is 1. The summed E-state index contributed by atoms with van der Waals surface area (Å²) in [6.45, 7) is 5.60. The van der Waals surface area contributed by atoms with Gasteiger partial charge in [-0.3, -0.25) is 4.99 Å². The summed E-state index contributed by atoms with van der Waals surface area (Å²) in [6, 6.07) is 8.01. The summed E-state index contributed by atoms with van der Waals surface area (Å²) in [7, 11) is 5.48. The quantitative estimate of drug-likeness (QED) is 0.266. The van der Waals surface area contributed by atoms with Gasteiger partial charge in [0, 0.05) is 45.1 Å². The first-order valence-corrected chi connectivity index (χ1v) is 8.91. The Morgan fingerprint density at radius 3 is 2.70 bits per heavy atom. The molecule has 0 amide bonds. The lowest BCUT2D eigenvalue weighted by Gasteiger charge is -2.23. The van der Waals surface area contributed by atoms with Crippen LogP contribution in [-0.2, 0) is 13.0 Å².